The molecule has 6 heteroatoms. The lowest BCUT2D eigenvalue weighted by Crippen LogP contribution is -2.49. The van der Waals surface area contributed by atoms with Crippen LogP contribution in [0.5, 0.6) is 0 Å². The van der Waals surface area contributed by atoms with Crippen molar-refractivity contribution in [2.24, 2.45) is 0 Å². The molecular formula is C27H27Cl2N3O. The van der Waals surface area contributed by atoms with Gasteiger partial charge in [0.15, 0.2) is 0 Å². The minimum absolute atomic E-state index is 0.0931. The van der Waals surface area contributed by atoms with Crippen LogP contribution < -0.4 is 5.32 Å². The SMILES string of the molecule is O=C(NCC1(c2ccccc2)CCN(C/C=C/c2ccc(Cl)cc2)CC1)c1ccnc(Cl)c1. The van der Waals surface area contributed by atoms with E-state index in [0.717, 1.165) is 43.1 Å². The summed E-state index contributed by atoms with van der Waals surface area (Å²) in [4.78, 5) is 19.2. The fraction of sp³-hybridized carbons (Fsp3) is 0.259. The zero-order chi connectivity index (χ0) is 23.1. The van der Waals surface area contributed by atoms with Crippen molar-refractivity contribution in [2.45, 2.75) is 18.3 Å². The van der Waals surface area contributed by atoms with Crippen LogP contribution in [0.15, 0.2) is 79.0 Å². The lowest BCUT2D eigenvalue weighted by molar-refractivity contribution is 0.0925. The third kappa shape index (κ3) is 6.23. The highest BCUT2D eigenvalue weighted by Gasteiger charge is 2.36. The van der Waals surface area contributed by atoms with Gasteiger partial charge in [-0.1, -0.05) is 77.8 Å². The highest BCUT2D eigenvalue weighted by atomic mass is 35.5. The molecule has 0 radical (unpaired) electrons. The monoisotopic (exact) mass is 479 g/mol. The van der Waals surface area contributed by atoms with Gasteiger partial charge in [0.2, 0.25) is 0 Å². The molecule has 0 saturated carbocycles. The number of carbonyl (C=O) groups excluding carboxylic acids is 1. The van der Waals surface area contributed by atoms with E-state index in [9.17, 15) is 4.79 Å². The lowest BCUT2D eigenvalue weighted by atomic mass is 9.72. The Balaban J connectivity index is 1.40. The second-order valence-electron chi connectivity index (χ2n) is 8.45. The highest BCUT2D eigenvalue weighted by Crippen LogP contribution is 2.35. The number of piperidine rings is 1. The fourth-order valence-electron chi connectivity index (χ4n) is 4.33. The predicted octanol–water partition coefficient (Wildman–Crippen LogP) is 5.87. The first-order valence-electron chi connectivity index (χ1n) is 11.1. The van der Waals surface area contributed by atoms with Gasteiger partial charge < -0.3 is 5.32 Å². The molecule has 1 aliphatic rings. The first kappa shape index (κ1) is 23.5. The average molecular weight is 480 g/mol. The summed E-state index contributed by atoms with van der Waals surface area (Å²) in [5.74, 6) is -0.122. The van der Waals surface area contributed by atoms with E-state index in [-0.39, 0.29) is 11.3 Å². The minimum atomic E-state index is -0.122. The molecule has 4 nitrogen and oxygen atoms in total. The molecule has 0 atom stereocenters. The molecule has 33 heavy (non-hydrogen) atoms. The fourth-order valence-corrected chi connectivity index (χ4v) is 4.63. The number of amides is 1. The van der Waals surface area contributed by atoms with Gasteiger partial charge in [-0.2, -0.15) is 0 Å². The van der Waals surface area contributed by atoms with E-state index >= 15 is 0 Å². The van der Waals surface area contributed by atoms with Crippen LogP contribution in [-0.4, -0.2) is 42.0 Å². The number of pyridine rings is 1. The van der Waals surface area contributed by atoms with Crippen molar-refractivity contribution in [3.05, 3.63) is 106 Å². The maximum Gasteiger partial charge on any atom is 0.251 e. The van der Waals surface area contributed by atoms with Crippen LogP contribution in [-0.2, 0) is 5.41 Å². The Morgan fingerprint density at radius 2 is 1.76 bits per heavy atom. The number of nitrogens with one attached hydrogen (secondary N) is 1. The van der Waals surface area contributed by atoms with E-state index in [2.05, 4.69) is 51.6 Å². The Kier molecular flexibility index (Phi) is 7.81. The van der Waals surface area contributed by atoms with E-state index in [0.29, 0.717) is 17.3 Å². The summed E-state index contributed by atoms with van der Waals surface area (Å²) < 4.78 is 0. The van der Waals surface area contributed by atoms with E-state index in [4.69, 9.17) is 23.2 Å². The first-order chi connectivity index (χ1) is 16.0. The molecule has 2 heterocycles. The summed E-state index contributed by atoms with van der Waals surface area (Å²) in [5.41, 5.74) is 2.86. The van der Waals surface area contributed by atoms with Crippen LogP contribution in [0.4, 0.5) is 0 Å². The number of likely N-dealkylation sites (tertiary alicyclic amines) is 1. The molecule has 0 unspecified atom stereocenters. The van der Waals surface area contributed by atoms with Crippen molar-refractivity contribution >= 4 is 35.2 Å². The van der Waals surface area contributed by atoms with Crippen LogP contribution >= 0.6 is 23.2 Å². The van der Waals surface area contributed by atoms with Gasteiger partial charge in [-0.15, -0.1) is 0 Å². The largest absolute Gasteiger partial charge is 0.351 e. The predicted molar refractivity (Wildman–Crippen MR) is 136 cm³/mol. The van der Waals surface area contributed by atoms with E-state index < -0.39 is 0 Å². The summed E-state index contributed by atoms with van der Waals surface area (Å²) in [7, 11) is 0. The zero-order valence-corrected chi connectivity index (χ0v) is 19.9. The molecule has 2 aromatic carbocycles. The van der Waals surface area contributed by atoms with Crippen LogP contribution in [0.3, 0.4) is 0 Å². The van der Waals surface area contributed by atoms with Gasteiger partial charge in [0.1, 0.15) is 5.15 Å². The zero-order valence-electron chi connectivity index (χ0n) is 18.4. The average Bonchev–Trinajstić information content (AvgIpc) is 2.85. The van der Waals surface area contributed by atoms with Gasteiger partial charge in [0.05, 0.1) is 0 Å². The normalized spacial score (nSPS) is 16.1. The van der Waals surface area contributed by atoms with Crippen molar-refractivity contribution in [2.75, 3.05) is 26.2 Å². The number of hydrogen-bond donors (Lipinski definition) is 1. The van der Waals surface area contributed by atoms with Crippen LogP contribution in [0.25, 0.3) is 6.08 Å². The number of nitrogens with zero attached hydrogens (tertiary/aromatic N) is 2. The van der Waals surface area contributed by atoms with Crippen LogP contribution in [0.1, 0.15) is 34.3 Å². The molecule has 1 amide bonds. The van der Waals surface area contributed by atoms with Crippen molar-refractivity contribution in [1.29, 1.82) is 0 Å². The van der Waals surface area contributed by atoms with E-state index in [1.807, 2.05) is 30.3 Å². The van der Waals surface area contributed by atoms with Gasteiger partial charge in [0.25, 0.3) is 5.91 Å². The van der Waals surface area contributed by atoms with Crippen LogP contribution in [0.2, 0.25) is 10.2 Å². The maximum atomic E-state index is 12.7. The Labute approximate surface area is 205 Å². The summed E-state index contributed by atoms with van der Waals surface area (Å²) in [6.45, 7) is 3.42. The topological polar surface area (TPSA) is 45.2 Å². The standard InChI is InChI=1S/C27H27Cl2N3O/c28-24-10-8-21(9-11-24)5-4-16-32-17-13-27(14-18-32,23-6-2-1-3-7-23)20-31-26(33)22-12-15-30-25(29)19-22/h1-12,15,19H,13-14,16-18,20H2,(H,31,33)/b5-4+. The maximum absolute atomic E-state index is 12.7. The quantitative estimate of drug-likeness (QED) is 0.431. The first-order valence-corrected chi connectivity index (χ1v) is 11.9. The highest BCUT2D eigenvalue weighted by molar-refractivity contribution is 6.30. The molecule has 170 valence electrons. The second-order valence-corrected chi connectivity index (χ2v) is 9.27. The molecule has 1 aromatic heterocycles. The van der Waals surface area contributed by atoms with Crippen molar-refractivity contribution in [1.82, 2.24) is 15.2 Å². The molecule has 0 spiro atoms. The summed E-state index contributed by atoms with van der Waals surface area (Å²) in [6, 6.07) is 21.7. The molecule has 1 fully saturated rings. The molecule has 4 rings (SSSR count). The molecular weight excluding hydrogens is 453 g/mol. The van der Waals surface area contributed by atoms with Crippen LogP contribution in [0, 0.1) is 0 Å². The Hall–Kier alpha value is -2.66. The second kappa shape index (κ2) is 11.0. The van der Waals surface area contributed by atoms with Gasteiger partial charge in [0, 0.05) is 35.3 Å². The van der Waals surface area contributed by atoms with Gasteiger partial charge in [-0.25, -0.2) is 4.98 Å². The lowest BCUT2D eigenvalue weighted by Gasteiger charge is -2.42. The summed E-state index contributed by atoms with van der Waals surface area (Å²) in [6.07, 6.45) is 7.84. The number of hydrogen-bond acceptors (Lipinski definition) is 3. The van der Waals surface area contributed by atoms with Gasteiger partial charge in [-0.3, -0.25) is 9.69 Å². The summed E-state index contributed by atoms with van der Waals surface area (Å²) >= 11 is 11.9. The third-order valence-corrected chi connectivity index (χ3v) is 6.78. The molecule has 0 bridgehead atoms. The Morgan fingerprint density at radius 1 is 1.03 bits per heavy atom. The number of benzene rings is 2. The number of aromatic nitrogens is 1. The van der Waals surface area contributed by atoms with Gasteiger partial charge >= 0.3 is 0 Å². The van der Waals surface area contributed by atoms with Crippen molar-refractivity contribution in [3.63, 3.8) is 0 Å². The molecule has 0 aliphatic carbocycles. The Bertz CT molecular complexity index is 1090. The van der Waals surface area contributed by atoms with E-state index in [1.54, 1.807) is 18.3 Å². The third-order valence-electron chi connectivity index (χ3n) is 6.32. The molecule has 3 aromatic rings. The summed E-state index contributed by atoms with van der Waals surface area (Å²) in [5, 5.41) is 4.22. The minimum Gasteiger partial charge on any atom is -0.351 e. The molecule has 1 saturated heterocycles. The number of rotatable bonds is 7. The van der Waals surface area contributed by atoms with Crippen molar-refractivity contribution < 1.29 is 4.79 Å². The van der Waals surface area contributed by atoms with Crippen molar-refractivity contribution in [3.8, 4) is 0 Å². The Morgan fingerprint density at radius 3 is 2.45 bits per heavy atom. The number of carbonyl (C=O) groups is 1. The smallest absolute Gasteiger partial charge is 0.251 e. The molecule has 1 N–H and O–H groups in total. The van der Waals surface area contributed by atoms with Gasteiger partial charge in [-0.05, 0) is 61.3 Å². The molecule has 1 aliphatic heterocycles. The van der Waals surface area contributed by atoms with E-state index in [1.165, 1.54) is 5.56 Å². The number of halogens is 2.